The van der Waals surface area contributed by atoms with E-state index in [2.05, 4.69) is 10.6 Å². The molecule has 0 unspecified atom stereocenters. The highest BCUT2D eigenvalue weighted by atomic mass is 19.1. The van der Waals surface area contributed by atoms with E-state index in [0.717, 1.165) is 5.56 Å². The van der Waals surface area contributed by atoms with Crippen LogP contribution in [0.5, 0.6) is 5.75 Å². The molecule has 0 radical (unpaired) electrons. The largest absolute Gasteiger partial charge is 0.479 e. The summed E-state index contributed by atoms with van der Waals surface area (Å²) in [5.74, 6) is -0.471. The predicted octanol–water partition coefficient (Wildman–Crippen LogP) is 2.65. The van der Waals surface area contributed by atoms with Crippen molar-refractivity contribution in [2.45, 2.75) is 13.3 Å². The Labute approximate surface area is 132 Å². The number of halogens is 1. The second-order valence-electron chi connectivity index (χ2n) is 5.38. The maximum atomic E-state index is 13.2. The minimum absolute atomic E-state index is 0.0484. The number of ether oxygens (including phenoxy) is 1. The Balaban J connectivity index is 1.80. The first kappa shape index (κ1) is 15.0. The van der Waals surface area contributed by atoms with Gasteiger partial charge in [0.05, 0.1) is 17.8 Å². The molecule has 0 spiro atoms. The van der Waals surface area contributed by atoms with E-state index in [9.17, 15) is 14.0 Å². The van der Waals surface area contributed by atoms with Crippen molar-refractivity contribution in [2.75, 3.05) is 17.2 Å². The van der Waals surface area contributed by atoms with Crippen LogP contribution in [0.2, 0.25) is 0 Å². The van der Waals surface area contributed by atoms with Crippen LogP contribution in [-0.4, -0.2) is 18.4 Å². The van der Waals surface area contributed by atoms with Gasteiger partial charge in [-0.1, -0.05) is 12.1 Å². The van der Waals surface area contributed by atoms with Crippen molar-refractivity contribution < 1.29 is 18.7 Å². The Morgan fingerprint density at radius 3 is 2.96 bits per heavy atom. The summed E-state index contributed by atoms with van der Waals surface area (Å²) in [4.78, 5) is 23.6. The van der Waals surface area contributed by atoms with E-state index >= 15 is 0 Å². The van der Waals surface area contributed by atoms with Crippen molar-refractivity contribution in [3.05, 3.63) is 53.3 Å². The summed E-state index contributed by atoms with van der Waals surface area (Å²) in [5.41, 5.74) is 2.47. The number of anilines is 2. The van der Waals surface area contributed by atoms with Gasteiger partial charge in [-0.05, 0) is 42.3 Å². The van der Waals surface area contributed by atoms with Crippen LogP contribution >= 0.6 is 0 Å². The van der Waals surface area contributed by atoms with Crippen LogP contribution in [0, 0.1) is 12.7 Å². The van der Waals surface area contributed by atoms with Crippen molar-refractivity contribution in [3.63, 3.8) is 0 Å². The average molecular weight is 314 g/mol. The van der Waals surface area contributed by atoms with Gasteiger partial charge in [-0.15, -0.1) is 0 Å². The highest BCUT2D eigenvalue weighted by Gasteiger charge is 2.21. The van der Waals surface area contributed by atoms with Crippen molar-refractivity contribution in [1.82, 2.24) is 0 Å². The lowest BCUT2D eigenvalue weighted by Gasteiger charge is -2.21. The highest BCUT2D eigenvalue weighted by molar-refractivity contribution is 6.00. The fourth-order valence-corrected chi connectivity index (χ4v) is 2.47. The van der Waals surface area contributed by atoms with Crippen LogP contribution in [0.4, 0.5) is 15.8 Å². The van der Waals surface area contributed by atoms with Gasteiger partial charge >= 0.3 is 0 Å². The molecular formula is C17H15FN2O3. The Morgan fingerprint density at radius 1 is 1.35 bits per heavy atom. The zero-order valence-electron chi connectivity index (χ0n) is 12.5. The van der Waals surface area contributed by atoms with Gasteiger partial charge in [0, 0.05) is 0 Å². The van der Waals surface area contributed by atoms with Gasteiger partial charge in [-0.25, -0.2) is 4.39 Å². The van der Waals surface area contributed by atoms with Crippen LogP contribution in [0.25, 0.3) is 0 Å². The van der Waals surface area contributed by atoms with Gasteiger partial charge in [0.15, 0.2) is 12.4 Å². The van der Waals surface area contributed by atoms with Crippen LogP contribution in [0.1, 0.15) is 11.1 Å². The van der Waals surface area contributed by atoms with Crippen LogP contribution in [0.15, 0.2) is 36.4 Å². The van der Waals surface area contributed by atoms with Crippen LogP contribution in [-0.2, 0) is 16.0 Å². The fourth-order valence-electron chi connectivity index (χ4n) is 2.47. The molecule has 0 bridgehead atoms. The molecule has 0 saturated heterocycles. The summed E-state index contributed by atoms with van der Waals surface area (Å²) in [6.45, 7) is 1.76. The topological polar surface area (TPSA) is 67.4 Å². The molecule has 1 aliphatic rings. The number of carbonyl (C=O) groups is 2. The van der Waals surface area contributed by atoms with Gasteiger partial charge < -0.3 is 15.4 Å². The standard InChI is InChI=1S/C17H15FN2O3/c1-10-5-13(17-14(6-10)20-16(22)9-23-17)19-15(21)8-11-3-2-4-12(18)7-11/h2-7H,8-9H2,1H3,(H,19,21)(H,20,22). The van der Waals surface area contributed by atoms with E-state index in [1.807, 2.05) is 6.92 Å². The molecule has 6 heteroatoms. The number of hydrogen-bond acceptors (Lipinski definition) is 3. The monoisotopic (exact) mass is 314 g/mol. The number of benzene rings is 2. The van der Waals surface area contributed by atoms with Gasteiger partial charge in [0.2, 0.25) is 5.91 Å². The molecule has 23 heavy (non-hydrogen) atoms. The minimum Gasteiger partial charge on any atom is -0.479 e. The summed E-state index contributed by atoms with van der Waals surface area (Å²) >= 11 is 0. The van der Waals surface area contributed by atoms with Gasteiger partial charge in [0.25, 0.3) is 5.91 Å². The Hall–Kier alpha value is -2.89. The summed E-state index contributed by atoms with van der Waals surface area (Å²) in [5, 5.41) is 5.46. The molecule has 1 aliphatic heterocycles. The molecule has 0 aliphatic carbocycles. The normalized spacial score (nSPS) is 12.9. The predicted molar refractivity (Wildman–Crippen MR) is 84.0 cm³/mol. The first-order valence-corrected chi connectivity index (χ1v) is 7.13. The van der Waals surface area contributed by atoms with E-state index in [1.54, 1.807) is 24.3 Å². The third-order valence-electron chi connectivity index (χ3n) is 3.38. The van der Waals surface area contributed by atoms with Crippen molar-refractivity contribution in [2.24, 2.45) is 0 Å². The first-order chi connectivity index (χ1) is 11.0. The van der Waals surface area contributed by atoms with E-state index < -0.39 is 0 Å². The lowest BCUT2D eigenvalue weighted by atomic mass is 10.1. The average Bonchev–Trinajstić information content (AvgIpc) is 2.46. The van der Waals surface area contributed by atoms with Crippen molar-refractivity contribution in [3.8, 4) is 5.75 Å². The first-order valence-electron chi connectivity index (χ1n) is 7.13. The summed E-state index contributed by atoms with van der Waals surface area (Å²) < 4.78 is 18.6. The molecule has 0 aromatic heterocycles. The maximum Gasteiger partial charge on any atom is 0.262 e. The maximum absolute atomic E-state index is 13.2. The van der Waals surface area contributed by atoms with E-state index in [4.69, 9.17) is 4.74 Å². The molecule has 2 aromatic carbocycles. The van der Waals surface area contributed by atoms with Gasteiger partial charge in [0.1, 0.15) is 5.82 Å². The highest BCUT2D eigenvalue weighted by Crippen LogP contribution is 2.37. The molecular weight excluding hydrogens is 299 g/mol. The van der Waals surface area contributed by atoms with Gasteiger partial charge in [-0.2, -0.15) is 0 Å². The van der Waals surface area contributed by atoms with Crippen LogP contribution < -0.4 is 15.4 Å². The minimum atomic E-state index is -0.380. The molecule has 1 heterocycles. The lowest BCUT2D eigenvalue weighted by Crippen LogP contribution is -2.26. The Bertz CT molecular complexity index is 789. The molecule has 2 amide bonds. The molecule has 2 aromatic rings. The molecule has 0 saturated carbocycles. The Kier molecular flexibility index (Phi) is 3.97. The summed E-state index contributed by atoms with van der Waals surface area (Å²) in [6.07, 6.45) is 0.0484. The smallest absolute Gasteiger partial charge is 0.262 e. The quantitative estimate of drug-likeness (QED) is 0.915. The molecule has 0 atom stereocenters. The van der Waals surface area contributed by atoms with E-state index in [1.165, 1.54) is 12.1 Å². The zero-order chi connectivity index (χ0) is 16.4. The second-order valence-corrected chi connectivity index (χ2v) is 5.38. The molecule has 2 N–H and O–H groups in total. The molecule has 0 fully saturated rings. The number of aryl methyl sites for hydroxylation is 1. The number of carbonyl (C=O) groups excluding carboxylic acids is 2. The number of hydrogen-bond donors (Lipinski definition) is 2. The second kappa shape index (κ2) is 6.08. The van der Waals surface area contributed by atoms with Crippen molar-refractivity contribution in [1.29, 1.82) is 0 Å². The summed E-state index contributed by atoms with van der Waals surface area (Å²) in [7, 11) is 0. The third-order valence-corrected chi connectivity index (χ3v) is 3.38. The number of rotatable bonds is 3. The fraction of sp³-hybridized carbons (Fsp3) is 0.176. The number of nitrogens with one attached hydrogen (secondary N) is 2. The van der Waals surface area contributed by atoms with E-state index in [-0.39, 0.29) is 30.7 Å². The van der Waals surface area contributed by atoms with Crippen molar-refractivity contribution >= 4 is 23.2 Å². The van der Waals surface area contributed by atoms with Gasteiger partial charge in [-0.3, -0.25) is 9.59 Å². The molecule has 118 valence electrons. The lowest BCUT2D eigenvalue weighted by molar-refractivity contribution is -0.118. The zero-order valence-corrected chi connectivity index (χ0v) is 12.5. The number of fused-ring (bicyclic) bond motifs is 1. The van der Waals surface area contributed by atoms with Crippen LogP contribution in [0.3, 0.4) is 0 Å². The molecule has 5 nitrogen and oxygen atoms in total. The summed E-state index contributed by atoms with van der Waals surface area (Å²) in [6, 6.07) is 9.43. The Morgan fingerprint density at radius 2 is 2.17 bits per heavy atom. The molecule has 3 rings (SSSR count). The van der Waals surface area contributed by atoms with E-state index in [0.29, 0.717) is 22.7 Å². The number of amides is 2. The third kappa shape index (κ3) is 3.48. The SMILES string of the molecule is Cc1cc2c(c(NC(=O)Cc3cccc(F)c3)c1)OCC(=O)N2.